The van der Waals surface area contributed by atoms with Crippen molar-refractivity contribution in [1.29, 1.82) is 0 Å². The second-order valence-electron chi connectivity index (χ2n) is 5.35. The number of carbonyl (C=O) groups is 1. The van der Waals surface area contributed by atoms with Crippen molar-refractivity contribution in [2.45, 2.75) is 39.7 Å². The van der Waals surface area contributed by atoms with Gasteiger partial charge in [-0.2, -0.15) is 0 Å². The minimum Gasteiger partial charge on any atom is -0.328 e. The average molecular weight is 341 g/mol. The summed E-state index contributed by atoms with van der Waals surface area (Å²) in [6, 6.07) is 6.27. The van der Waals surface area contributed by atoms with Gasteiger partial charge in [0.25, 0.3) is 0 Å². The number of anilines is 1. The zero-order chi connectivity index (χ0) is 15.4. The van der Waals surface area contributed by atoms with Crippen molar-refractivity contribution in [1.82, 2.24) is 10.2 Å². The summed E-state index contributed by atoms with van der Waals surface area (Å²) in [5, 5.41) is 12.3. The molecule has 3 N–H and O–H groups in total. The van der Waals surface area contributed by atoms with Gasteiger partial charge in [-0.15, -0.1) is 22.6 Å². The van der Waals surface area contributed by atoms with Gasteiger partial charge >= 0.3 is 0 Å². The predicted octanol–water partition coefficient (Wildman–Crippen LogP) is 3.31. The molecule has 1 unspecified atom stereocenters. The van der Waals surface area contributed by atoms with Gasteiger partial charge in [-0.3, -0.25) is 4.79 Å². The summed E-state index contributed by atoms with van der Waals surface area (Å²) in [5.74, 6) is -0.0737. The van der Waals surface area contributed by atoms with E-state index in [-0.39, 0.29) is 24.4 Å². The molecule has 120 valence electrons. The van der Waals surface area contributed by atoms with Crippen molar-refractivity contribution in [3.05, 3.63) is 29.3 Å². The van der Waals surface area contributed by atoms with Crippen LogP contribution in [0.4, 0.5) is 5.13 Å². The van der Waals surface area contributed by atoms with Crippen LogP contribution in [-0.4, -0.2) is 22.1 Å². The lowest BCUT2D eigenvalue weighted by Gasteiger charge is -2.03. The molecule has 0 bridgehead atoms. The van der Waals surface area contributed by atoms with E-state index in [1.165, 1.54) is 22.5 Å². The monoisotopic (exact) mass is 340 g/mol. The zero-order valence-corrected chi connectivity index (χ0v) is 14.6. The lowest BCUT2D eigenvalue weighted by Crippen LogP contribution is -2.19. The standard InChI is InChI=1S/C15H20N4OS.ClH/c1-9-6-10(2)8-12(7-9)14-18-19-15(21-14)17-13(20)5-4-11(3)16;/h6-8,11H,4-5,16H2,1-3H3,(H,17,19,20);1H. The zero-order valence-electron chi connectivity index (χ0n) is 12.9. The van der Waals surface area contributed by atoms with Gasteiger partial charge in [0.1, 0.15) is 5.01 Å². The SMILES string of the molecule is Cc1cc(C)cc(-c2nnc(NC(=O)CCC(C)N)s2)c1.Cl. The van der Waals surface area contributed by atoms with E-state index < -0.39 is 0 Å². The Morgan fingerprint density at radius 2 is 1.91 bits per heavy atom. The molecular formula is C15H21ClN4OS. The lowest BCUT2D eigenvalue weighted by atomic mass is 10.1. The first-order valence-corrected chi connectivity index (χ1v) is 7.73. The third kappa shape index (κ3) is 5.36. The Morgan fingerprint density at radius 3 is 2.50 bits per heavy atom. The van der Waals surface area contributed by atoms with Crippen molar-refractivity contribution in [3.63, 3.8) is 0 Å². The number of carbonyl (C=O) groups excluding carboxylic acids is 1. The topological polar surface area (TPSA) is 80.9 Å². The summed E-state index contributed by atoms with van der Waals surface area (Å²) in [5.41, 5.74) is 9.03. The van der Waals surface area contributed by atoms with Gasteiger partial charge in [0, 0.05) is 18.0 Å². The fourth-order valence-corrected chi connectivity index (χ4v) is 2.78. The Labute approximate surface area is 140 Å². The number of hydrogen-bond acceptors (Lipinski definition) is 5. The van der Waals surface area contributed by atoms with Gasteiger partial charge in [-0.25, -0.2) is 0 Å². The van der Waals surface area contributed by atoms with E-state index in [2.05, 4.69) is 33.7 Å². The maximum absolute atomic E-state index is 11.7. The van der Waals surface area contributed by atoms with Crippen LogP contribution < -0.4 is 11.1 Å². The average Bonchev–Trinajstić information content (AvgIpc) is 2.83. The Bertz CT molecular complexity index is 622. The molecular weight excluding hydrogens is 320 g/mol. The molecule has 2 aromatic rings. The number of halogens is 1. The molecule has 5 nitrogen and oxygen atoms in total. The van der Waals surface area contributed by atoms with Gasteiger partial charge in [0.15, 0.2) is 0 Å². The predicted molar refractivity (Wildman–Crippen MR) is 93.6 cm³/mol. The number of hydrogen-bond donors (Lipinski definition) is 2. The number of rotatable bonds is 5. The Morgan fingerprint density at radius 1 is 1.27 bits per heavy atom. The van der Waals surface area contributed by atoms with Crippen molar-refractivity contribution in [2.24, 2.45) is 5.73 Å². The molecule has 7 heteroatoms. The highest BCUT2D eigenvalue weighted by Gasteiger charge is 2.10. The minimum atomic E-state index is -0.0737. The first kappa shape index (κ1) is 18.5. The molecule has 1 atom stereocenters. The first-order chi connectivity index (χ1) is 9.94. The van der Waals surface area contributed by atoms with Crippen LogP contribution in [0.25, 0.3) is 10.6 Å². The Hall–Kier alpha value is -1.50. The highest BCUT2D eigenvalue weighted by atomic mass is 35.5. The first-order valence-electron chi connectivity index (χ1n) is 6.91. The summed E-state index contributed by atoms with van der Waals surface area (Å²) in [6.07, 6.45) is 1.06. The second kappa shape index (κ2) is 8.22. The molecule has 0 radical (unpaired) electrons. The summed E-state index contributed by atoms with van der Waals surface area (Å²) >= 11 is 1.38. The Kier molecular flexibility index (Phi) is 6.93. The number of nitrogens with one attached hydrogen (secondary N) is 1. The third-order valence-corrected chi connectivity index (χ3v) is 3.85. The van der Waals surface area contributed by atoms with Crippen LogP contribution in [0.3, 0.4) is 0 Å². The van der Waals surface area contributed by atoms with Gasteiger partial charge in [-0.1, -0.05) is 28.5 Å². The lowest BCUT2D eigenvalue weighted by molar-refractivity contribution is -0.116. The normalized spacial score (nSPS) is 11.6. The molecule has 1 amide bonds. The number of aryl methyl sites for hydroxylation is 2. The summed E-state index contributed by atoms with van der Waals surface area (Å²) in [6.45, 7) is 5.98. The van der Waals surface area contributed by atoms with Crippen molar-refractivity contribution >= 4 is 34.8 Å². The van der Waals surface area contributed by atoms with E-state index in [0.717, 1.165) is 10.6 Å². The molecule has 0 aliphatic rings. The molecule has 1 aromatic heterocycles. The summed E-state index contributed by atoms with van der Waals surface area (Å²) in [4.78, 5) is 11.7. The maximum atomic E-state index is 11.7. The number of amides is 1. The van der Waals surface area contributed by atoms with Gasteiger partial charge in [0.05, 0.1) is 0 Å². The highest BCUT2D eigenvalue weighted by molar-refractivity contribution is 7.18. The summed E-state index contributed by atoms with van der Waals surface area (Å²) in [7, 11) is 0. The van der Waals surface area contributed by atoms with Crippen molar-refractivity contribution < 1.29 is 4.79 Å². The van der Waals surface area contributed by atoms with Crippen LogP contribution in [0, 0.1) is 13.8 Å². The molecule has 0 aliphatic carbocycles. The molecule has 0 aliphatic heterocycles. The smallest absolute Gasteiger partial charge is 0.226 e. The maximum Gasteiger partial charge on any atom is 0.226 e. The van der Waals surface area contributed by atoms with Crippen LogP contribution in [0.2, 0.25) is 0 Å². The van der Waals surface area contributed by atoms with Gasteiger partial charge in [-0.05, 0) is 39.3 Å². The van der Waals surface area contributed by atoms with E-state index in [1.54, 1.807) is 0 Å². The molecule has 0 fully saturated rings. The van der Waals surface area contributed by atoms with Gasteiger partial charge < -0.3 is 11.1 Å². The van der Waals surface area contributed by atoms with Crippen molar-refractivity contribution in [3.8, 4) is 10.6 Å². The Balaban J connectivity index is 0.00000242. The molecule has 0 saturated carbocycles. The van der Waals surface area contributed by atoms with E-state index >= 15 is 0 Å². The second-order valence-corrected chi connectivity index (χ2v) is 6.33. The van der Waals surface area contributed by atoms with E-state index in [4.69, 9.17) is 5.73 Å². The molecule has 1 aromatic carbocycles. The van der Waals surface area contributed by atoms with Crippen molar-refractivity contribution in [2.75, 3.05) is 5.32 Å². The number of benzene rings is 1. The third-order valence-electron chi connectivity index (χ3n) is 2.97. The molecule has 0 spiro atoms. The van der Waals surface area contributed by atoms with Crippen LogP contribution in [0.5, 0.6) is 0 Å². The minimum absolute atomic E-state index is 0. The molecule has 2 rings (SSSR count). The number of nitrogens with zero attached hydrogens (tertiary/aromatic N) is 2. The van der Waals surface area contributed by atoms with Crippen LogP contribution in [0.15, 0.2) is 18.2 Å². The summed E-state index contributed by atoms with van der Waals surface area (Å²) < 4.78 is 0. The van der Waals surface area contributed by atoms with Crippen LogP contribution >= 0.6 is 23.7 Å². The molecule has 22 heavy (non-hydrogen) atoms. The molecule has 1 heterocycles. The molecule has 0 saturated heterocycles. The van der Waals surface area contributed by atoms with E-state index in [9.17, 15) is 4.79 Å². The van der Waals surface area contributed by atoms with Crippen LogP contribution in [-0.2, 0) is 4.79 Å². The number of nitrogens with two attached hydrogens (primary N) is 1. The van der Waals surface area contributed by atoms with Gasteiger partial charge in [0.2, 0.25) is 11.0 Å². The van der Waals surface area contributed by atoms with E-state index in [0.29, 0.717) is 18.0 Å². The fraction of sp³-hybridized carbons (Fsp3) is 0.400. The largest absolute Gasteiger partial charge is 0.328 e. The van der Waals surface area contributed by atoms with E-state index in [1.807, 2.05) is 20.8 Å². The fourth-order valence-electron chi connectivity index (χ4n) is 2.03. The van der Waals surface area contributed by atoms with Crippen LogP contribution in [0.1, 0.15) is 30.9 Å². The number of aromatic nitrogens is 2. The quantitative estimate of drug-likeness (QED) is 0.875. The highest BCUT2D eigenvalue weighted by Crippen LogP contribution is 2.27.